The number of benzene rings is 1. The Kier molecular flexibility index (Phi) is 7.67. The lowest BCUT2D eigenvalue weighted by molar-refractivity contribution is -0.159. The zero-order valence-corrected chi connectivity index (χ0v) is 16.2. The lowest BCUT2D eigenvalue weighted by Gasteiger charge is -2.28. The highest BCUT2D eigenvalue weighted by molar-refractivity contribution is 5.67. The van der Waals surface area contributed by atoms with Crippen LogP contribution in [0.5, 0.6) is 0 Å². The first kappa shape index (κ1) is 21.8. The van der Waals surface area contributed by atoms with Crippen LogP contribution in [0, 0.1) is 12.3 Å². The number of allylic oxidation sites excluding steroid dienone is 2. The van der Waals surface area contributed by atoms with Crippen molar-refractivity contribution in [1.29, 1.82) is 0 Å². The van der Waals surface area contributed by atoms with Gasteiger partial charge in [0.2, 0.25) is 11.4 Å². The Labute approximate surface area is 160 Å². The van der Waals surface area contributed by atoms with Crippen molar-refractivity contribution in [2.75, 3.05) is 0 Å². The van der Waals surface area contributed by atoms with Gasteiger partial charge in [-0.1, -0.05) is 42.3 Å². The molecule has 0 amide bonds. The van der Waals surface area contributed by atoms with E-state index in [1.807, 2.05) is 6.07 Å². The van der Waals surface area contributed by atoms with Gasteiger partial charge in [0.1, 0.15) is 0 Å². The number of rotatable bonds is 7. The molecule has 0 heterocycles. The fourth-order valence-corrected chi connectivity index (χ4v) is 2.43. The number of carbonyl (C=O) groups excluding carboxylic acids is 2. The van der Waals surface area contributed by atoms with Crippen molar-refractivity contribution < 1.29 is 19.1 Å². The molecule has 0 aliphatic heterocycles. The number of carbonyl (C=O) groups is 2. The van der Waals surface area contributed by atoms with E-state index in [0.29, 0.717) is 11.1 Å². The maximum absolute atomic E-state index is 11.6. The Bertz CT molecular complexity index is 805. The summed E-state index contributed by atoms with van der Waals surface area (Å²) < 4.78 is 10.8. The Morgan fingerprint density at radius 3 is 2.15 bits per heavy atom. The van der Waals surface area contributed by atoms with Crippen molar-refractivity contribution in [3.05, 3.63) is 59.7 Å². The van der Waals surface area contributed by atoms with E-state index in [4.69, 9.17) is 15.9 Å². The highest BCUT2D eigenvalue weighted by Crippen LogP contribution is 2.32. The summed E-state index contributed by atoms with van der Waals surface area (Å²) in [5, 5.41) is 8.48. The molecule has 0 aromatic heterocycles. The molecule has 0 bridgehead atoms. The zero-order valence-electron chi connectivity index (χ0n) is 16.2. The van der Waals surface area contributed by atoms with Gasteiger partial charge in [0.25, 0.3) is 0 Å². The van der Waals surface area contributed by atoms with Crippen LogP contribution in [0.25, 0.3) is 0 Å². The second-order valence-electron chi connectivity index (χ2n) is 5.96. The molecule has 0 fully saturated rings. The number of terminal acetylenes is 1. The van der Waals surface area contributed by atoms with Gasteiger partial charge in [-0.3, -0.25) is 9.59 Å². The van der Waals surface area contributed by atoms with Gasteiger partial charge in [-0.2, -0.15) is 0 Å². The van der Waals surface area contributed by atoms with Gasteiger partial charge in [0, 0.05) is 38.8 Å². The molecule has 2 atom stereocenters. The minimum atomic E-state index is -1.44. The Hall–Kier alpha value is -3.20. The fraction of sp³-hybridized carbons (Fsp3) is 0.333. The maximum Gasteiger partial charge on any atom is 0.305 e. The van der Waals surface area contributed by atoms with E-state index in [0.717, 1.165) is 0 Å². The molecule has 0 saturated carbocycles. The predicted octanol–water partition coefficient (Wildman–Crippen LogP) is 4.29. The van der Waals surface area contributed by atoms with Gasteiger partial charge < -0.3 is 9.47 Å². The Morgan fingerprint density at radius 1 is 1.07 bits per heavy atom. The molecular formula is C21H24N2O4. The molecule has 0 radical (unpaired) electrons. The highest BCUT2D eigenvalue weighted by Gasteiger charge is 2.35. The molecule has 1 unspecified atom stereocenters. The highest BCUT2D eigenvalue weighted by atomic mass is 16.6. The van der Waals surface area contributed by atoms with Crippen LogP contribution in [0.15, 0.2) is 64.4 Å². The average molecular weight is 368 g/mol. The first-order valence-electron chi connectivity index (χ1n) is 8.35. The molecule has 0 N–H and O–H groups in total. The van der Waals surface area contributed by atoms with Crippen molar-refractivity contribution in [3.8, 4) is 12.3 Å². The van der Waals surface area contributed by atoms with Gasteiger partial charge >= 0.3 is 11.9 Å². The van der Waals surface area contributed by atoms with E-state index < -0.39 is 23.4 Å². The Balaban J connectivity index is 3.44. The summed E-state index contributed by atoms with van der Waals surface area (Å²) >= 11 is 0. The van der Waals surface area contributed by atoms with E-state index in [-0.39, 0.29) is 0 Å². The van der Waals surface area contributed by atoms with Crippen molar-refractivity contribution in [2.24, 2.45) is 10.2 Å². The van der Waals surface area contributed by atoms with Crippen molar-refractivity contribution in [1.82, 2.24) is 0 Å². The number of esters is 2. The molecule has 142 valence electrons. The largest absolute Gasteiger partial charge is 0.431 e. The number of ether oxygens (including phenoxy) is 2. The van der Waals surface area contributed by atoms with Crippen molar-refractivity contribution >= 4 is 11.9 Å². The second-order valence-corrected chi connectivity index (χ2v) is 5.96. The minimum absolute atomic E-state index is 0.520. The van der Waals surface area contributed by atoms with Crippen LogP contribution in [0.2, 0.25) is 0 Å². The third kappa shape index (κ3) is 6.23. The average Bonchev–Trinajstić information content (AvgIpc) is 2.60. The SMILES string of the molecule is C#C/C=C\C(=C/C)[C@@](C)(N=NC(C)(OC(C)=O)c1ccccc1)OC(C)=O. The molecule has 1 rings (SSSR count). The summed E-state index contributed by atoms with van der Waals surface area (Å²) in [5.74, 6) is 1.32. The van der Waals surface area contributed by atoms with Gasteiger partial charge in [0.05, 0.1) is 0 Å². The zero-order chi connectivity index (χ0) is 20.5. The van der Waals surface area contributed by atoms with Gasteiger partial charge in [-0.05, 0) is 19.1 Å². The molecule has 0 aliphatic rings. The number of nitrogens with zero attached hydrogens (tertiary/aromatic N) is 2. The van der Waals surface area contributed by atoms with Crippen molar-refractivity contribution in [3.63, 3.8) is 0 Å². The normalized spacial score (nSPS) is 16.4. The van der Waals surface area contributed by atoms with Crippen LogP contribution < -0.4 is 0 Å². The molecular weight excluding hydrogens is 344 g/mol. The summed E-state index contributed by atoms with van der Waals surface area (Å²) in [6.45, 7) is 7.50. The first-order valence-corrected chi connectivity index (χ1v) is 8.35. The first-order chi connectivity index (χ1) is 12.7. The van der Waals surface area contributed by atoms with E-state index in [1.165, 1.54) is 19.9 Å². The van der Waals surface area contributed by atoms with E-state index in [1.54, 1.807) is 57.2 Å². The van der Waals surface area contributed by atoms with E-state index in [2.05, 4.69) is 16.1 Å². The summed E-state index contributed by atoms with van der Waals surface area (Å²) in [6, 6.07) is 8.95. The number of hydrogen-bond acceptors (Lipinski definition) is 6. The van der Waals surface area contributed by atoms with Crippen LogP contribution in [0.3, 0.4) is 0 Å². The van der Waals surface area contributed by atoms with Crippen LogP contribution in [0.1, 0.15) is 40.2 Å². The van der Waals surface area contributed by atoms with Crippen LogP contribution in [-0.4, -0.2) is 17.7 Å². The molecule has 1 aromatic rings. The number of azo groups is 1. The molecule has 27 heavy (non-hydrogen) atoms. The lowest BCUT2D eigenvalue weighted by Crippen LogP contribution is -2.32. The quantitative estimate of drug-likeness (QED) is 0.311. The molecule has 6 heteroatoms. The smallest absolute Gasteiger partial charge is 0.305 e. The van der Waals surface area contributed by atoms with Crippen LogP contribution in [0.4, 0.5) is 0 Å². The maximum atomic E-state index is 11.6. The van der Waals surface area contributed by atoms with Gasteiger partial charge in [0.15, 0.2) is 0 Å². The summed E-state index contributed by atoms with van der Waals surface area (Å²) in [6.07, 6.45) is 10.0. The number of hydrogen-bond donors (Lipinski definition) is 0. The molecule has 6 nitrogen and oxygen atoms in total. The minimum Gasteiger partial charge on any atom is -0.431 e. The molecule has 0 saturated heterocycles. The topological polar surface area (TPSA) is 77.3 Å². The standard InChI is InChI=1S/C21H24N2O4/c1-7-9-13-18(8-2)20(5,26-16(3)24)22-23-21(6,27-17(4)25)19-14-11-10-12-15-19/h1,8-15H,2-6H3/b13-9-,18-8+,23-22?/t20-,21?/m0/s1. The lowest BCUT2D eigenvalue weighted by atomic mass is 10.0. The van der Waals surface area contributed by atoms with Crippen LogP contribution in [-0.2, 0) is 24.8 Å². The molecule has 0 aliphatic carbocycles. The van der Waals surface area contributed by atoms with Crippen molar-refractivity contribution in [2.45, 2.75) is 46.1 Å². The van der Waals surface area contributed by atoms with Gasteiger partial charge in [-0.15, -0.1) is 16.7 Å². The molecule has 0 spiro atoms. The summed E-state index contributed by atoms with van der Waals surface area (Å²) in [4.78, 5) is 23.2. The summed E-state index contributed by atoms with van der Waals surface area (Å²) in [5.41, 5.74) is -1.68. The van der Waals surface area contributed by atoms with Gasteiger partial charge in [-0.25, -0.2) is 0 Å². The molecule has 1 aromatic carbocycles. The third-order valence-corrected chi connectivity index (χ3v) is 3.63. The third-order valence-electron chi connectivity index (χ3n) is 3.63. The predicted molar refractivity (Wildman–Crippen MR) is 102 cm³/mol. The van der Waals surface area contributed by atoms with Crippen LogP contribution >= 0.6 is 0 Å². The summed E-state index contributed by atoms with van der Waals surface area (Å²) in [7, 11) is 0. The Morgan fingerprint density at radius 2 is 1.67 bits per heavy atom. The fourth-order valence-electron chi connectivity index (χ4n) is 2.43. The second kappa shape index (κ2) is 9.48. The van der Waals surface area contributed by atoms with E-state index >= 15 is 0 Å². The van der Waals surface area contributed by atoms with E-state index in [9.17, 15) is 9.59 Å². The monoisotopic (exact) mass is 368 g/mol.